The van der Waals surface area contributed by atoms with Crippen molar-refractivity contribution >= 4 is 6.01 Å². The van der Waals surface area contributed by atoms with Crippen molar-refractivity contribution in [2.24, 2.45) is 0 Å². The molecule has 5 nitrogen and oxygen atoms in total. The summed E-state index contributed by atoms with van der Waals surface area (Å²) in [6.45, 7) is 4.65. The molecule has 2 aromatic heterocycles. The van der Waals surface area contributed by atoms with Crippen molar-refractivity contribution in [3.8, 4) is 11.5 Å². The average molecular weight is 280 g/mol. The number of aromatic nitrogens is 3. The first-order chi connectivity index (χ1) is 10.2. The number of hydrogen-bond donors (Lipinski definition) is 1. The molecule has 0 spiro atoms. The second-order valence-electron chi connectivity index (χ2n) is 4.91. The van der Waals surface area contributed by atoms with Crippen LogP contribution in [-0.4, -0.2) is 15.2 Å². The van der Waals surface area contributed by atoms with Gasteiger partial charge in [-0.05, 0) is 37.6 Å². The second-order valence-corrected chi connectivity index (χ2v) is 4.91. The van der Waals surface area contributed by atoms with E-state index in [0.29, 0.717) is 18.5 Å². The van der Waals surface area contributed by atoms with Crippen molar-refractivity contribution in [2.45, 2.75) is 20.4 Å². The molecule has 106 valence electrons. The summed E-state index contributed by atoms with van der Waals surface area (Å²) in [5, 5.41) is 11.2. The molecule has 0 atom stereocenters. The van der Waals surface area contributed by atoms with Crippen molar-refractivity contribution in [3.05, 3.63) is 59.4 Å². The maximum Gasteiger partial charge on any atom is 0.316 e. The second kappa shape index (κ2) is 5.75. The molecule has 0 fully saturated rings. The van der Waals surface area contributed by atoms with Crippen LogP contribution >= 0.6 is 0 Å². The molecule has 0 saturated heterocycles. The SMILES string of the molecule is Cc1ccc(-c2nnc(NCc3ccccn3)o2)c(C)c1. The molecule has 1 N–H and O–H groups in total. The molecular formula is C16H16N4O. The van der Waals surface area contributed by atoms with Crippen LogP contribution in [0.25, 0.3) is 11.5 Å². The number of nitrogens with one attached hydrogen (secondary N) is 1. The van der Waals surface area contributed by atoms with Gasteiger partial charge in [0.05, 0.1) is 12.2 Å². The molecule has 0 bridgehead atoms. The summed E-state index contributed by atoms with van der Waals surface area (Å²) in [5.41, 5.74) is 4.21. The average Bonchev–Trinajstić information content (AvgIpc) is 2.95. The van der Waals surface area contributed by atoms with Crippen molar-refractivity contribution < 1.29 is 4.42 Å². The maximum absolute atomic E-state index is 5.65. The Morgan fingerprint density at radius 1 is 1.10 bits per heavy atom. The van der Waals surface area contributed by atoms with Gasteiger partial charge in [0.1, 0.15) is 0 Å². The number of rotatable bonds is 4. The lowest BCUT2D eigenvalue weighted by atomic mass is 10.1. The smallest absolute Gasteiger partial charge is 0.316 e. The third-order valence-electron chi connectivity index (χ3n) is 3.18. The van der Waals surface area contributed by atoms with Gasteiger partial charge in [0.15, 0.2) is 0 Å². The summed E-state index contributed by atoms with van der Waals surface area (Å²) >= 11 is 0. The molecule has 0 aliphatic rings. The van der Waals surface area contributed by atoms with E-state index in [1.54, 1.807) is 6.20 Å². The molecule has 1 aromatic carbocycles. The highest BCUT2D eigenvalue weighted by Crippen LogP contribution is 2.24. The lowest BCUT2D eigenvalue weighted by molar-refractivity contribution is 0.580. The fourth-order valence-electron chi connectivity index (χ4n) is 2.13. The van der Waals surface area contributed by atoms with E-state index >= 15 is 0 Å². The van der Waals surface area contributed by atoms with Gasteiger partial charge < -0.3 is 9.73 Å². The Balaban J connectivity index is 1.74. The van der Waals surface area contributed by atoms with Crippen LogP contribution in [0.5, 0.6) is 0 Å². The molecule has 0 saturated carbocycles. The minimum absolute atomic E-state index is 0.399. The van der Waals surface area contributed by atoms with Crippen molar-refractivity contribution in [1.82, 2.24) is 15.2 Å². The van der Waals surface area contributed by atoms with Gasteiger partial charge in [0.2, 0.25) is 5.89 Å². The zero-order valence-corrected chi connectivity index (χ0v) is 12.0. The van der Waals surface area contributed by atoms with Gasteiger partial charge in [0.25, 0.3) is 0 Å². The van der Waals surface area contributed by atoms with Crippen LogP contribution in [0.3, 0.4) is 0 Å². The van der Waals surface area contributed by atoms with Gasteiger partial charge in [-0.2, -0.15) is 0 Å². The van der Waals surface area contributed by atoms with E-state index in [-0.39, 0.29) is 0 Å². The molecule has 3 aromatic rings. The molecule has 5 heteroatoms. The highest BCUT2D eigenvalue weighted by Gasteiger charge is 2.10. The van der Waals surface area contributed by atoms with Crippen LogP contribution in [0.15, 0.2) is 47.0 Å². The van der Waals surface area contributed by atoms with Crippen molar-refractivity contribution in [2.75, 3.05) is 5.32 Å². The summed E-state index contributed by atoms with van der Waals surface area (Å²) in [7, 11) is 0. The topological polar surface area (TPSA) is 63.8 Å². The zero-order valence-electron chi connectivity index (χ0n) is 12.0. The van der Waals surface area contributed by atoms with E-state index < -0.39 is 0 Å². The molecule has 0 radical (unpaired) electrons. The summed E-state index contributed by atoms with van der Waals surface area (Å²) < 4.78 is 5.65. The normalized spacial score (nSPS) is 10.6. The van der Waals surface area contributed by atoms with E-state index in [1.165, 1.54) is 5.56 Å². The van der Waals surface area contributed by atoms with E-state index in [0.717, 1.165) is 16.8 Å². The third kappa shape index (κ3) is 3.08. The number of pyridine rings is 1. The van der Waals surface area contributed by atoms with Crippen LogP contribution in [0, 0.1) is 13.8 Å². The first-order valence-corrected chi connectivity index (χ1v) is 6.77. The minimum atomic E-state index is 0.399. The van der Waals surface area contributed by atoms with E-state index in [2.05, 4.69) is 33.5 Å². The molecule has 3 rings (SSSR count). The first kappa shape index (κ1) is 13.3. The Bertz CT molecular complexity index is 737. The number of aryl methyl sites for hydroxylation is 2. The fourth-order valence-corrected chi connectivity index (χ4v) is 2.13. The summed E-state index contributed by atoms with van der Waals surface area (Å²) in [6, 6.07) is 12.3. The lowest BCUT2D eigenvalue weighted by Crippen LogP contribution is -2.01. The fraction of sp³-hybridized carbons (Fsp3) is 0.188. The molecule has 21 heavy (non-hydrogen) atoms. The Morgan fingerprint density at radius 2 is 2.00 bits per heavy atom. The van der Waals surface area contributed by atoms with E-state index in [1.807, 2.05) is 37.3 Å². The predicted molar refractivity (Wildman–Crippen MR) is 80.8 cm³/mol. The zero-order chi connectivity index (χ0) is 14.7. The molecule has 0 aliphatic heterocycles. The van der Waals surface area contributed by atoms with Crippen LogP contribution in [0.1, 0.15) is 16.8 Å². The van der Waals surface area contributed by atoms with Crippen LogP contribution in [-0.2, 0) is 6.54 Å². The summed E-state index contributed by atoms with van der Waals surface area (Å²) in [6.07, 6.45) is 1.76. The maximum atomic E-state index is 5.65. The van der Waals surface area contributed by atoms with Crippen molar-refractivity contribution in [3.63, 3.8) is 0 Å². The van der Waals surface area contributed by atoms with E-state index in [4.69, 9.17) is 4.42 Å². The van der Waals surface area contributed by atoms with Gasteiger partial charge >= 0.3 is 6.01 Å². The third-order valence-corrected chi connectivity index (χ3v) is 3.18. The van der Waals surface area contributed by atoms with Gasteiger partial charge in [-0.25, -0.2) is 0 Å². The van der Waals surface area contributed by atoms with Gasteiger partial charge in [-0.15, -0.1) is 5.10 Å². The van der Waals surface area contributed by atoms with Gasteiger partial charge in [-0.1, -0.05) is 28.9 Å². The lowest BCUT2D eigenvalue weighted by Gasteiger charge is -2.02. The van der Waals surface area contributed by atoms with Crippen LogP contribution < -0.4 is 5.32 Å². The molecular weight excluding hydrogens is 264 g/mol. The number of nitrogens with zero attached hydrogens (tertiary/aromatic N) is 3. The molecule has 0 aliphatic carbocycles. The Hall–Kier alpha value is -2.69. The van der Waals surface area contributed by atoms with Gasteiger partial charge in [0, 0.05) is 11.8 Å². The van der Waals surface area contributed by atoms with Crippen molar-refractivity contribution in [1.29, 1.82) is 0 Å². The number of benzene rings is 1. The summed E-state index contributed by atoms with van der Waals surface area (Å²) in [5.74, 6) is 0.524. The van der Waals surface area contributed by atoms with Crippen LogP contribution in [0.2, 0.25) is 0 Å². The highest BCUT2D eigenvalue weighted by molar-refractivity contribution is 5.59. The number of hydrogen-bond acceptors (Lipinski definition) is 5. The largest absolute Gasteiger partial charge is 0.403 e. The molecule has 2 heterocycles. The quantitative estimate of drug-likeness (QED) is 0.794. The molecule has 0 unspecified atom stereocenters. The molecule has 0 amide bonds. The Labute approximate surface area is 123 Å². The Morgan fingerprint density at radius 3 is 2.76 bits per heavy atom. The minimum Gasteiger partial charge on any atom is -0.403 e. The monoisotopic (exact) mass is 280 g/mol. The van der Waals surface area contributed by atoms with Crippen LogP contribution in [0.4, 0.5) is 6.01 Å². The van der Waals surface area contributed by atoms with Gasteiger partial charge in [-0.3, -0.25) is 4.98 Å². The predicted octanol–water partition coefficient (Wildman–Crippen LogP) is 3.36. The first-order valence-electron chi connectivity index (χ1n) is 6.77. The Kier molecular flexibility index (Phi) is 3.64. The van der Waals surface area contributed by atoms with E-state index in [9.17, 15) is 0 Å². The summed E-state index contributed by atoms with van der Waals surface area (Å²) in [4.78, 5) is 4.23. The number of anilines is 1. The highest BCUT2D eigenvalue weighted by atomic mass is 16.4. The standard InChI is InChI=1S/C16H16N4O/c1-11-6-7-14(12(2)9-11)15-19-20-16(21-15)18-10-13-5-3-4-8-17-13/h3-9H,10H2,1-2H3,(H,18,20).